The third-order valence-electron chi connectivity index (χ3n) is 7.77. The number of rotatable bonds is 12. The fourth-order valence-electron chi connectivity index (χ4n) is 5.55. The van der Waals surface area contributed by atoms with Gasteiger partial charge in [-0.1, -0.05) is 30.3 Å². The zero-order valence-corrected chi connectivity index (χ0v) is 22.2. The molecule has 1 amide bonds. The Hall–Kier alpha value is -3.63. The summed E-state index contributed by atoms with van der Waals surface area (Å²) < 4.78 is 6.00. The molecular weight excluding hydrogens is 474 g/mol. The SMILES string of the molecule is C#CCCC1(CCOc2cccc(CNC3CCCC(N(CC)C(=O)c4cc5ccccc5[nH]4)C3)c2)N=N1. The standard InChI is InChI=1S/C31H37N5O2/c1-3-5-16-31(34-35-31)17-18-38-27-14-8-10-23(19-27)22-32-25-12-9-13-26(21-25)36(4-2)30(37)29-20-24-11-6-7-15-28(24)33-29/h1,6-8,10-11,14-15,19-20,25-26,32-33H,4-5,9,12-13,16-18,21-22H2,2H3. The highest BCUT2D eigenvalue weighted by Gasteiger charge is 2.39. The molecule has 1 aliphatic heterocycles. The first kappa shape index (κ1) is 26.0. The molecule has 2 aromatic carbocycles. The molecule has 0 bridgehead atoms. The van der Waals surface area contributed by atoms with Crippen molar-refractivity contribution in [3.8, 4) is 18.1 Å². The number of nitrogens with one attached hydrogen (secondary N) is 2. The molecule has 38 heavy (non-hydrogen) atoms. The number of benzene rings is 2. The van der Waals surface area contributed by atoms with E-state index in [1.807, 2.05) is 47.4 Å². The van der Waals surface area contributed by atoms with Crippen LogP contribution in [0.15, 0.2) is 64.8 Å². The van der Waals surface area contributed by atoms with E-state index in [4.69, 9.17) is 11.2 Å². The molecule has 198 valence electrons. The second-order valence-corrected chi connectivity index (χ2v) is 10.4. The molecule has 7 nitrogen and oxygen atoms in total. The number of carbonyl (C=O) groups is 1. The van der Waals surface area contributed by atoms with Gasteiger partial charge in [0.05, 0.1) is 6.61 Å². The maximum absolute atomic E-state index is 13.4. The maximum atomic E-state index is 13.4. The molecule has 0 spiro atoms. The summed E-state index contributed by atoms with van der Waals surface area (Å²) in [5.74, 6) is 3.61. The van der Waals surface area contributed by atoms with Crippen molar-refractivity contribution in [2.24, 2.45) is 10.2 Å². The summed E-state index contributed by atoms with van der Waals surface area (Å²) in [6.45, 7) is 4.12. The summed E-state index contributed by atoms with van der Waals surface area (Å²) in [7, 11) is 0. The molecule has 1 aromatic heterocycles. The number of para-hydroxylation sites is 1. The Labute approximate surface area is 225 Å². The van der Waals surface area contributed by atoms with E-state index in [1.54, 1.807) is 0 Å². The molecule has 0 saturated heterocycles. The Morgan fingerprint density at radius 1 is 1.18 bits per heavy atom. The highest BCUT2D eigenvalue weighted by atomic mass is 16.5. The van der Waals surface area contributed by atoms with E-state index < -0.39 is 0 Å². The molecule has 3 aromatic rings. The fourth-order valence-corrected chi connectivity index (χ4v) is 5.55. The van der Waals surface area contributed by atoms with E-state index in [0.29, 0.717) is 31.3 Å². The second-order valence-electron chi connectivity index (χ2n) is 10.4. The van der Waals surface area contributed by atoms with Crippen LogP contribution in [0.5, 0.6) is 5.75 Å². The molecular formula is C31H37N5O2. The smallest absolute Gasteiger partial charge is 0.270 e. The van der Waals surface area contributed by atoms with Crippen LogP contribution in [-0.4, -0.2) is 46.7 Å². The highest BCUT2D eigenvalue weighted by Crippen LogP contribution is 2.36. The largest absolute Gasteiger partial charge is 0.493 e. The number of fused-ring (bicyclic) bond motifs is 1. The fraction of sp³-hybridized carbons (Fsp3) is 0.452. The van der Waals surface area contributed by atoms with Gasteiger partial charge in [-0.15, -0.1) is 12.3 Å². The monoisotopic (exact) mass is 511 g/mol. The van der Waals surface area contributed by atoms with Gasteiger partial charge in [0.25, 0.3) is 5.91 Å². The topological polar surface area (TPSA) is 82.1 Å². The summed E-state index contributed by atoms with van der Waals surface area (Å²) in [6, 6.07) is 18.9. The summed E-state index contributed by atoms with van der Waals surface area (Å²) in [6.07, 6.45) is 11.8. The van der Waals surface area contributed by atoms with Crippen LogP contribution in [0.1, 0.15) is 67.9 Å². The molecule has 2 unspecified atom stereocenters. The van der Waals surface area contributed by atoms with Crippen molar-refractivity contribution in [2.45, 2.75) is 76.2 Å². The van der Waals surface area contributed by atoms with E-state index in [2.05, 4.69) is 45.5 Å². The maximum Gasteiger partial charge on any atom is 0.270 e. The number of aromatic amines is 1. The number of terminal acetylenes is 1. The van der Waals surface area contributed by atoms with Gasteiger partial charge in [-0.3, -0.25) is 4.79 Å². The van der Waals surface area contributed by atoms with Gasteiger partial charge in [-0.05, 0) is 62.4 Å². The highest BCUT2D eigenvalue weighted by molar-refractivity contribution is 5.98. The number of carbonyl (C=O) groups excluding carboxylic acids is 1. The Bertz CT molecular complexity index is 1280. The average Bonchev–Trinajstić information content (AvgIpc) is 3.58. The molecule has 2 aliphatic rings. The first-order valence-electron chi connectivity index (χ1n) is 13.8. The van der Waals surface area contributed by atoms with Gasteiger partial charge in [-0.25, -0.2) is 0 Å². The van der Waals surface area contributed by atoms with Crippen LogP contribution in [0.4, 0.5) is 0 Å². The van der Waals surface area contributed by atoms with Gasteiger partial charge in [0.1, 0.15) is 11.4 Å². The molecule has 0 radical (unpaired) electrons. The molecule has 1 aliphatic carbocycles. The van der Waals surface area contributed by atoms with Gasteiger partial charge in [0, 0.05) is 55.3 Å². The van der Waals surface area contributed by atoms with Crippen molar-refractivity contribution in [2.75, 3.05) is 13.2 Å². The first-order valence-corrected chi connectivity index (χ1v) is 13.8. The Morgan fingerprint density at radius 3 is 2.84 bits per heavy atom. The molecule has 7 heteroatoms. The van der Waals surface area contributed by atoms with Crippen LogP contribution < -0.4 is 10.1 Å². The van der Waals surface area contributed by atoms with E-state index in [9.17, 15) is 4.79 Å². The lowest BCUT2D eigenvalue weighted by Crippen LogP contribution is -2.46. The predicted octanol–water partition coefficient (Wildman–Crippen LogP) is 6.08. The summed E-state index contributed by atoms with van der Waals surface area (Å²) in [4.78, 5) is 18.8. The number of H-pyrrole nitrogens is 1. The van der Waals surface area contributed by atoms with E-state index >= 15 is 0 Å². The number of nitrogens with zero attached hydrogens (tertiary/aromatic N) is 3. The van der Waals surface area contributed by atoms with Crippen molar-refractivity contribution < 1.29 is 9.53 Å². The summed E-state index contributed by atoms with van der Waals surface area (Å²) in [5, 5.41) is 13.2. The lowest BCUT2D eigenvalue weighted by molar-refractivity contribution is 0.0623. The quantitative estimate of drug-likeness (QED) is 0.289. The third-order valence-corrected chi connectivity index (χ3v) is 7.77. The van der Waals surface area contributed by atoms with E-state index in [1.165, 1.54) is 5.56 Å². The number of amides is 1. The average molecular weight is 512 g/mol. The van der Waals surface area contributed by atoms with Gasteiger partial charge >= 0.3 is 0 Å². The van der Waals surface area contributed by atoms with Crippen molar-refractivity contribution in [1.82, 2.24) is 15.2 Å². The minimum Gasteiger partial charge on any atom is -0.493 e. The zero-order chi connectivity index (χ0) is 26.4. The number of hydrogen-bond donors (Lipinski definition) is 2. The first-order chi connectivity index (χ1) is 18.6. The van der Waals surface area contributed by atoms with Crippen LogP contribution in [0.25, 0.3) is 10.9 Å². The zero-order valence-electron chi connectivity index (χ0n) is 22.2. The van der Waals surface area contributed by atoms with Gasteiger partial charge in [0.15, 0.2) is 5.66 Å². The normalized spacial score (nSPS) is 19.7. The van der Waals surface area contributed by atoms with E-state index in [-0.39, 0.29) is 17.6 Å². The van der Waals surface area contributed by atoms with Crippen LogP contribution >= 0.6 is 0 Å². The molecule has 2 atom stereocenters. The van der Waals surface area contributed by atoms with Crippen molar-refractivity contribution in [1.29, 1.82) is 0 Å². The third kappa shape index (κ3) is 6.25. The lowest BCUT2D eigenvalue weighted by Gasteiger charge is -2.37. The summed E-state index contributed by atoms with van der Waals surface area (Å²) >= 11 is 0. The van der Waals surface area contributed by atoms with Crippen molar-refractivity contribution in [3.63, 3.8) is 0 Å². The van der Waals surface area contributed by atoms with Crippen LogP contribution in [0.3, 0.4) is 0 Å². The molecule has 1 fully saturated rings. The minimum atomic E-state index is -0.314. The number of hydrogen-bond acceptors (Lipinski definition) is 5. The van der Waals surface area contributed by atoms with Crippen LogP contribution in [0.2, 0.25) is 0 Å². The van der Waals surface area contributed by atoms with Crippen molar-refractivity contribution in [3.05, 3.63) is 65.9 Å². The van der Waals surface area contributed by atoms with Gasteiger partial charge in [0.2, 0.25) is 0 Å². The number of ether oxygens (including phenoxy) is 1. The van der Waals surface area contributed by atoms with Gasteiger partial charge in [-0.2, -0.15) is 10.2 Å². The molecule has 5 rings (SSSR count). The Morgan fingerprint density at radius 2 is 2.05 bits per heavy atom. The number of aromatic nitrogens is 1. The van der Waals surface area contributed by atoms with Crippen LogP contribution in [0, 0.1) is 12.3 Å². The predicted molar refractivity (Wildman–Crippen MR) is 150 cm³/mol. The van der Waals surface area contributed by atoms with Gasteiger partial charge < -0.3 is 19.9 Å². The second kappa shape index (κ2) is 11.8. The lowest BCUT2D eigenvalue weighted by atomic mass is 9.89. The molecule has 2 N–H and O–H groups in total. The Balaban J connectivity index is 1.12. The minimum absolute atomic E-state index is 0.0899. The van der Waals surface area contributed by atoms with Crippen LogP contribution in [-0.2, 0) is 6.54 Å². The van der Waals surface area contributed by atoms with Crippen molar-refractivity contribution >= 4 is 16.8 Å². The molecule has 1 saturated carbocycles. The molecule has 2 heterocycles. The Kier molecular flexibility index (Phi) is 8.09. The van der Waals surface area contributed by atoms with E-state index in [0.717, 1.165) is 61.7 Å². The summed E-state index contributed by atoms with van der Waals surface area (Å²) in [5.41, 5.74) is 2.55.